The molecule has 1 unspecified atom stereocenters. The third kappa shape index (κ3) is 35.5. The molecule has 1 atom stereocenters. The summed E-state index contributed by atoms with van der Waals surface area (Å²) in [5.41, 5.74) is 0. The lowest BCUT2D eigenvalue weighted by molar-refractivity contribution is -0.154. The zero-order chi connectivity index (χ0) is 34.5. The fourth-order valence-corrected chi connectivity index (χ4v) is 5.83. The Morgan fingerprint density at radius 3 is 1.26 bits per heavy atom. The van der Waals surface area contributed by atoms with E-state index in [0.717, 1.165) is 38.6 Å². The first-order valence-electron chi connectivity index (χ1n) is 20.5. The molecule has 0 bridgehead atoms. The van der Waals surface area contributed by atoms with E-state index < -0.39 is 0 Å². The predicted molar refractivity (Wildman–Crippen MR) is 210 cm³/mol. The van der Waals surface area contributed by atoms with Crippen LogP contribution in [0.2, 0.25) is 0 Å². The number of carbonyl (C=O) groups is 1. The molecule has 0 aromatic heterocycles. The van der Waals surface area contributed by atoms with Gasteiger partial charge in [-0.15, -0.1) is 0 Å². The lowest BCUT2D eigenvalue weighted by Gasteiger charge is -2.21. The van der Waals surface area contributed by atoms with E-state index in [-0.39, 0.29) is 18.0 Å². The second-order valence-electron chi connectivity index (χ2n) is 14.3. The van der Waals surface area contributed by atoms with Gasteiger partial charge in [0, 0.05) is 0 Å². The first kappa shape index (κ1) is 45.4. The van der Waals surface area contributed by atoms with Crippen LogP contribution in [0, 0.1) is 5.92 Å². The average molecular weight is 656 g/mol. The molecule has 47 heavy (non-hydrogen) atoms. The van der Waals surface area contributed by atoms with Gasteiger partial charge >= 0.3 is 5.97 Å². The monoisotopic (exact) mass is 656 g/mol. The quantitative estimate of drug-likeness (QED) is 0.0386. The number of rotatable bonds is 35. The van der Waals surface area contributed by atoms with E-state index in [9.17, 15) is 4.79 Å². The number of allylic oxidation sites excluding steroid dienone is 8. The van der Waals surface area contributed by atoms with Gasteiger partial charge in [0.25, 0.3) is 0 Å². The third-order valence-corrected chi connectivity index (χ3v) is 9.15. The van der Waals surface area contributed by atoms with E-state index in [1.165, 1.54) is 141 Å². The van der Waals surface area contributed by atoms with Crippen molar-refractivity contribution in [1.82, 2.24) is 4.90 Å². The molecule has 0 radical (unpaired) electrons. The highest BCUT2D eigenvalue weighted by Gasteiger charge is 2.19. The van der Waals surface area contributed by atoms with Crippen LogP contribution < -0.4 is 0 Å². The van der Waals surface area contributed by atoms with Crippen LogP contribution in [0.5, 0.6) is 0 Å². The maximum Gasteiger partial charge on any atom is 0.308 e. The van der Waals surface area contributed by atoms with Gasteiger partial charge in [0.15, 0.2) is 0 Å². The fraction of sp³-hybridized carbons (Fsp3) is 0.795. The highest BCUT2D eigenvalue weighted by molar-refractivity contribution is 5.72. The van der Waals surface area contributed by atoms with Crippen LogP contribution in [0.15, 0.2) is 48.6 Å². The molecule has 0 saturated carbocycles. The largest absolute Gasteiger partial charge is 0.462 e. The molecule has 3 heteroatoms. The van der Waals surface area contributed by atoms with Crippen molar-refractivity contribution in [3.8, 4) is 0 Å². The molecule has 0 aromatic rings. The summed E-state index contributed by atoms with van der Waals surface area (Å²) in [6.45, 7) is 7.48. The summed E-state index contributed by atoms with van der Waals surface area (Å²) < 4.78 is 6.11. The van der Waals surface area contributed by atoms with Crippen LogP contribution in [0.1, 0.15) is 194 Å². The molecule has 0 aliphatic rings. The van der Waals surface area contributed by atoms with Gasteiger partial charge in [-0.3, -0.25) is 4.79 Å². The second-order valence-corrected chi connectivity index (χ2v) is 14.3. The molecule has 0 fully saturated rings. The van der Waals surface area contributed by atoms with E-state index in [4.69, 9.17) is 4.74 Å². The molecular weight excluding hydrogens is 574 g/mol. The molecule has 0 aromatic carbocycles. The van der Waals surface area contributed by atoms with E-state index in [1.54, 1.807) is 0 Å². The second kappa shape index (κ2) is 37.2. The van der Waals surface area contributed by atoms with Crippen LogP contribution in [0.25, 0.3) is 0 Å². The van der Waals surface area contributed by atoms with Crippen molar-refractivity contribution in [2.45, 2.75) is 200 Å². The summed E-state index contributed by atoms with van der Waals surface area (Å²) in [5.74, 6) is -0.0106. The highest BCUT2D eigenvalue weighted by Crippen LogP contribution is 2.19. The van der Waals surface area contributed by atoms with Crippen molar-refractivity contribution in [2.75, 3.05) is 20.6 Å². The minimum Gasteiger partial charge on any atom is -0.462 e. The number of hydrogen-bond acceptors (Lipinski definition) is 3. The van der Waals surface area contributed by atoms with Gasteiger partial charge in [-0.25, -0.2) is 0 Å². The first-order chi connectivity index (χ1) is 23.0. The molecule has 0 aliphatic carbocycles. The number of carbonyl (C=O) groups excluding carboxylic acids is 1. The summed E-state index contributed by atoms with van der Waals surface area (Å²) in [6.07, 6.45) is 52.1. The van der Waals surface area contributed by atoms with Crippen LogP contribution in [0.3, 0.4) is 0 Å². The Bertz CT molecular complexity index is 717. The zero-order valence-electron chi connectivity index (χ0n) is 32.3. The molecule has 0 rings (SSSR count). The highest BCUT2D eigenvalue weighted by atomic mass is 16.5. The first-order valence-corrected chi connectivity index (χ1v) is 20.5. The number of nitrogens with zero attached hydrogens (tertiary/aromatic N) is 1. The van der Waals surface area contributed by atoms with Gasteiger partial charge in [0.1, 0.15) is 6.10 Å². The molecule has 0 aliphatic heterocycles. The number of esters is 1. The van der Waals surface area contributed by atoms with Crippen molar-refractivity contribution < 1.29 is 9.53 Å². The van der Waals surface area contributed by atoms with Crippen molar-refractivity contribution in [1.29, 1.82) is 0 Å². The van der Waals surface area contributed by atoms with E-state index in [0.29, 0.717) is 0 Å². The van der Waals surface area contributed by atoms with Crippen molar-refractivity contribution in [3.63, 3.8) is 0 Å². The van der Waals surface area contributed by atoms with Crippen molar-refractivity contribution in [2.24, 2.45) is 5.92 Å². The van der Waals surface area contributed by atoms with Gasteiger partial charge in [-0.2, -0.15) is 0 Å². The number of hydrogen-bond donors (Lipinski definition) is 0. The standard InChI is InChI=1S/C44H81NO2/c1-6-8-10-12-14-16-18-20-22-24-26-28-30-32-34-36-38-43(47-44(46)42(3)40-41-45(4)5)39-37-35-33-31-29-27-25-23-21-19-17-15-13-11-9-7-2/h14-17,20-23,42-43H,6-13,18-19,24-41H2,1-5H3/b16-14-,17-15-,22-20-,23-21-. The minimum atomic E-state index is -0.0216. The lowest BCUT2D eigenvalue weighted by atomic mass is 10.0. The Hall–Kier alpha value is -1.61. The Labute approximate surface area is 295 Å². The molecule has 0 N–H and O–H groups in total. The predicted octanol–water partition coefficient (Wildman–Crippen LogP) is 13.9. The zero-order valence-corrected chi connectivity index (χ0v) is 32.3. The van der Waals surface area contributed by atoms with Gasteiger partial charge in [-0.1, -0.05) is 146 Å². The summed E-state index contributed by atoms with van der Waals surface area (Å²) in [5, 5.41) is 0. The molecule has 3 nitrogen and oxygen atoms in total. The van der Waals surface area contributed by atoms with Crippen LogP contribution in [0.4, 0.5) is 0 Å². The molecule has 0 amide bonds. The fourth-order valence-electron chi connectivity index (χ4n) is 5.83. The van der Waals surface area contributed by atoms with E-state index >= 15 is 0 Å². The smallest absolute Gasteiger partial charge is 0.308 e. The van der Waals surface area contributed by atoms with Crippen LogP contribution >= 0.6 is 0 Å². The average Bonchev–Trinajstić information content (AvgIpc) is 3.06. The topological polar surface area (TPSA) is 29.5 Å². The van der Waals surface area contributed by atoms with Gasteiger partial charge in [0.05, 0.1) is 5.92 Å². The minimum absolute atomic E-state index is 0.0110. The summed E-state index contributed by atoms with van der Waals surface area (Å²) >= 11 is 0. The summed E-state index contributed by atoms with van der Waals surface area (Å²) in [4.78, 5) is 15.0. The Balaban J connectivity index is 4.13. The maximum absolute atomic E-state index is 12.9. The third-order valence-electron chi connectivity index (χ3n) is 9.15. The molecule has 0 saturated heterocycles. The van der Waals surface area contributed by atoms with Crippen molar-refractivity contribution >= 4 is 5.97 Å². The van der Waals surface area contributed by atoms with Crippen LogP contribution in [-0.2, 0) is 9.53 Å². The maximum atomic E-state index is 12.9. The van der Waals surface area contributed by atoms with Gasteiger partial charge in [-0.05, 0) is 117 Å². The normalized spacial score (nSPS) is 13.1. The molecular formula is C44H81NO2. The number of unbranched alkanes of at least 4 members (excludes halogenated alkanes) is 18. The number of ether oxygens (including phenoxy) is 1. The molecule has 274 valence electrons. The SMILES string of the molecule is CCCCC/C=C\C/C=C\CCCCCCCCC(CCCCCCCC/C=C\C/C=C\CCCCC)OC(=O)C(C)CCN(C)C. The Kier molecular flexibility index (Phi) is 35.9. The Morgan fingerprint density at radius 1 is 0.511 bits per heavy atom. The van der Waals surface area contributed by atoms with Crippen LogP contribution in [-0.4, -0.2) is 37.6 Å². The summed E-state index contributed by atoms with van der Waals surface area (Å²) in [7, 11) is 4.13. The van der Waals surface area contributed by atoms with E-state index in [1.807, 2.05) is 6.92 Å². The van der Waals surface area contributed by atoms with Gasteiger partial charge in [0.2, 0.25) is 0 Å². The van der Waals surface area contributed by atoms with Crippen molar-refractivity contribution in [3.05, 3.63) is 48.6 Å². The molecule has 0 heterocycles. The lowest BCUT2D eigenvalue weighted by Crippen LogP contribution is -2.26. The van der Waals surface area contributed by atoms with Gasteiger partial charge < -0.3 is 9.64 Å². The molecule has 0 spiro atoms. The Morgan fingerprint density at radius 2 is 0.872 bits per heavy atom. The summed E-state index contributed by atoms with van der Waals surface area (Å²) in [6, 6.07) is 0. The van der Waals surface area contributed by atoms with E-state index in [2.05, 4.69) is 81.5 Å².